The molecule has 0 amide bonds. The summed E-state index contributed by atoms with van der Waals surface area (Å²) < 4.78 is 26.3. The van der Waals surface area contributed by atoms with Gasteiger partial charge < -0.3 is 5.11 Å². The summed E-state index contributed by atoms with van der Waals surface area (Å²) in [5, 5.41) is 8.62. The van der Waals surface area contributed by atoms with Crippen LogP contribution in [0.3, 0.4) is 0 Å². The van der Waals surface area contributed by atoms with E-state index in [1.165, 1.54) is 0 Å². The normalized spacial score (nSPS) is 24.8. The average Bonchev–Trinajstić information content (AvgIpc) is 2.45. The molecule has 4 nitrogen and oxygen atoms in total. The molecule has 0 aromatic heterocycles. The minimum atomic E-state index is -3.17. The molecule has 0 radical (unpaired) electrons. The Morgan fingerprint density at radius 2 is 2.06 bits per heavy atom. The smallest absolute Gasteiger partial charge is 0.211 e. The maximum atomic E-state index is 11.8. The molecule has 1 unspecified atom stereocenters. The van der Waals surface area contributed by atoms with Gasteiger partial charge in [-0.3, -0.25) is 0 Å². The van der Waals surface area contributed by atoms with Gasteiger partial charge in [0.25, 0.3) is 0 Å². The van der Waals surface area contributed by atoms with E-state index >= 15 is 0 Å². The van der Waals surface area contributed by atoms with Crippen LogP contribution in [0, 0.1) is 5.41 Å². The van der Waals surface area contributed by atoms with Crippen molar-refractivity contribution in [3.05, 3.63) is 0 Å². The van der Waals surface area contributed by atoms with Gasteiger partial charge in [-0.15, -0.1) is 0 Å². The first kappa shape index (κ1) is 13.9. The van der Waals surface area contributed by atoms with Crippen LogP contribution in [-0.2, 0) is 10.0 Å². The van der Waals surface area contributed by atoms with Gasteiger partial charge in [0.15, 0.2) is 0 Å². The molecule has 0 spiro atoms. The third-order valence-electron chi connectivity index (χ3n) is 3.40. The number of sulfonamides is 1. The van der Waals surface area contributed by atoms with Gasteiger partial charge in [0.1, 0.15) is 0 Å². The summed E-state index contributed by atoms with van der Waals surface area (Å²) in [4.78, 5) is 0. The van der Waals surface area contributed by atoms with E-state index in [0.29, 0.717) is 12.8 Å². The van der Waals surface area contributed by atoms with E-state index in [1.54, 1.807) is 0 Å². The highest BCUT2D eigenvalue weighted by molar-refractivity contribution is 7.89. The molecule has 0 bridgehead atoms. The lowest BCUT2D eigenvalue weighted by molar-refractivity contribution is 0.286. The topological polar surface area (TPSA) is 66.4 Å². The Kier molecular flexibility index (Phi) is 4.76. The summed E-state index contributed by atoms with van der Waals surface area (Å²) >= 11 is 0. The Hall–Kier alpha value is -0.130. The maximum absolute atomic E-state index is 11.8. The molecule has 1 aliphatic carbocycles. The van der Waals surface area contributed by atoms with Crippen molar-refractivity contribution >= 4 is 10.0 Å². The number of nitrogens with one attached hydrogen (secondary N) is 1. The molecule has 0 aromatic rings. The molecule has 0 heterocycles. The second kappa shape index (κ2) is 5.47. The number of hydrogen-bond donors (Lipinski definition) is 2. The highest BCUT2D eigenvalue weighted by atomic mass is 32.2. The SMILES string of the molecule is CC1(C)CCCC1NS(=O)(=O)CCCCO. The largest absolute Gasteiger partial charge is 0.396 e. The molecule has 96 valence electrons. The molecule has 0 aliphatic heterocycles. The molecule has 1 atom stereocenters. The number of rotatable bonds is 6. The minimum absolute atomic E-state index is 0.0600. The van der Waals surface area contributed by atoms with Gasteiger partial charge >= 0.3 is 0 Å². The van der Waals surface area contributed by atoms with E-state index in [9.17, 15) is 8.42 Å². The Balaban J connectivity index is 2.46. The highest BCUT2D eigenvalue weighted by Gasteiger charge is 2.36. The first-order chi connectivity index (χ1) is 7.37. The first-order valence-corrected chi connectivity index (χ1v) is 7.63. The molecule has 0 saturated heterocycles. The molecular weight excluding hydrogens is 226 g/mol. The third-order valence-corrected chi connectivity index (χ3v) is 4.87. The fraction of sp³-hybridized carbons (Fsp3) is 1.00. The fourth-order valence-electron chi connectivity index (χ4n) is 2.22. The standard InChI is InChI=1S/C11H23NO3S/c1-11(2)7-5-6-10(11)12-16(14,15)9-4-3-8-13/h10,12-13H,3-9H2,1-2H3. The quantitative estimate of drug-likeness (QED) is 0.696. The van der Waals surface area contributed by atoms with Crippen LogP contribution >= 0.6 is 0 Å². The van der Waals surface area contributed by atoms with Gasteiger partial charge in [-0.2, -0.15) is 0 Å². The zero-order valence-electron chi connectivity index (χ0n) is 10.2. The minimum Gasteiger partial charge on any atom is -0.396 e. The number of aliphatic hydroxyl groups excluding tert-OH is 1. The van der Waals surface area contributed by atoms with Crippen molar-refractivity contribution in [1.82, 2.24) is 4.72 Å². The Morgan fingerprint density at radius 3 is 2.56 bits per heavy atom. The van der Waals surface area contributed by atoms with Gasteiger partial charge in [-0.05, 0) is 31.1 Å². The van der Waals surface area contributed by atoms with Gasteiger partial charge in [-0.1, -0.05) is 20.3 Å². The van der Waals surface area contributed by atoms with Gasteiger partial charge in [0.2, 0.25) is 10.0 Å². The molecule has 1 fully saturated rings. The summed E-state index contributed by atoms with van der Waals surface area (Å²) in [6, 6.07) is 0.0756. The van der Waals surface area contributed by atoms with Gasteiger partial charge in [0, 0.05) is 12.6 Å². The number of unbranched alkanes of at least 4 members (excludes halogenated alkanes) is 1. The third kappa shape index (κ3) is 4.03. The average molecular weight is 249 g/mol. The van der Waals surface area contributed by atoms with E-state index in [0.717, 1.165) is 19.3 Å². The van der Waals surface area contributed by atoms with Crippen LogP contribution in [0.15, 0.2) is 0 Å². The summed E-state index contributed by atoms with van der Waals surface area (Å²) in [6.07, 6.45) is 4.19. The van der Waals surface area contributed by atoms with E-state index in [2.05, 4.69) is 18.6 Å². The van der Waals surface area contributed by atoms with E-state index in [1.807, 2.05) is 0 Å². The Labute approximate surface area is 98.5 Å². The predicted molar refractivity (Wildman–Crippen MR) is 64.7 cm³/mol. The lowest BCUT2D eigenvalue weighted by atomic mass is 9.88. The van der Waals surface area contributed by atoms with Gasteiger partial charge in [0.05, 0.1) is 5.75 Å². The van der Waals surface area contributed by atoms with Crippen molar-refractivity contribution in [3.63, 3.8) is 0 Å². The van der Waals surface area contributed by atoms with Gasteiger partial charge in [-0.25, -0.2) is 13.1 Å². The Bertz CT molecular complexity index is 311. The van der Waals surface area contributed by atoms with Crippen molar-refractivity contribution in [2.75, 3.05) is 12.4 Å². The predicted octanol–water partition coefficient (Wildman–Crippen LogP) is 1.26. The van der Waals surface area contributed by atoms with E-state index in [4.69, 9.17) is 5.11 Å². The molecule has 0 aromatic carbocycles. The second-order valence-electron chi connectivity index (χ2n) is 5.30. The van der Waals surface area contributed by atoms with Crippen LogP contribution in [0.5, 0.6) is 0 Å². The summed E-state index contributed by atoms with van der Waals surface area (Å²) in [7, 11) is -3.17. The van der Waals surface area contributed by atoms with E-state index < -0.39 is 10.0 Å². The zero-order chi connectivity index (χ0) is 12.2. The van der Waals surface area contributed by atoms with Crippen LogP contribution < -0.4 is 4.72 Å². The number of hydrogen-bond acceptors (Lipinski definition) is 3. The second-order valence-corrected chi connectivity index (χ2v) is 7.17. The lowest BCUT2D eigenvalue weighted by Crippen LogP contribution is -2.42. The van der Waals surface area contributed by atoms with Crippen LogP contribution in [-0.4, -0.2) is 31.9 Å². The molecular formula is C11H23NO3S. The summed E-state index contributed by atoms with van der Waals surface area (Å²) in [5.41, 5.74) is 0.0735. The highest BCUT2D eigenvalue weighted by Crippen LogP contribution is 2.37. The van der Waals surface area contributed by atoms with Crippen molar-refractivity contribution < 1.29 is 13.5 Å². The van der Waals surface area contributed by atoms with Crippen molar-refractivity contribution in [1.29, 1.82) is 0 Å². The summed E-state index contributed by atoms with van der Waals surface area (Å²) in [6.45, 7) is 4.28. The monoisotopic (exact) mass is 249 g/mol. The zero-order valence-corrected chi connectivity index (χ0v) is 11.0. The van der Waals surface area contributed by atoms with Crippen LogP contribution in [0.1, 0.15) is 46.0 Å². The van der Waals surface area contributed by atoms with Crippen LogP contribution in [0.25, 0.3) is 0 Å². The van der Waals surface area contributed by atoms with E-state index in [-0.39, 0.29) is 23.8 Å². The van der Waals surface area contributed by atoms with Crippen LogP contribution in [0.2, 0.25) is 0 Å². The first-order valence-electron chi connectivity index (χ1n) is 5.98. The molecule has 16 heavy (non-hydrogen) atoms. The molecule has 2 N–H and O–H groups in total. The number of aliphatic hydroxyl groups is 1. The van der Waals surface area contributed by atoms with Crippen molar-refractivity contribution in [2.24, 2.45) is 5.41 Å². The molecule has 1 saturated carbocycles. The Morgan fingerprint density at radius 1 is 1.38 bits per heavy atom. The molecule has 1 aliphatic rings. The summed E-state index contributed by atoms with van der Waals surface area (Å²) in [5.74, 6) is 0.125. The lowest BCUT2D eigenvalue weighted by Gasteiger charge is -2.27. The van der Waals surface area contributed by atoms with Crippen LogP contribution in [0.4, 0.5) is 0 Å². The van der Waals surface area contributed by atoms with Crippen molar-refractivity contribution in [2.45, 2.75) is 52.0 Å². The molecule has 5 heteroatoms. The van der Waals surface area contributed by atoms with Crippen molar-refractivity contribution in [3.8, 4) is 0 Å². The maximum Gasteiger partial charge on any atom is 0.211 e. The molecule has 1 rings (SSSR count). The fourth-order valence-corrected chi connectivity index (χ4v) is 3.80.